The molecule has 25 heavy (non-hydrogen) atoms. The number of ether oxygens (including phenoxy) is 1. The van der Waals surface area contributed by atoms with E-state index >= 15 is 0 Å². The molecular formula is C22H16O2S. The summed E-state index contributed by atoms with van der Waals surface area (Å²) < 4.78 is 5.12. The molecule has 0 saturated heterocycles. The minimum atomic E-state index is -0.0198. The van der Waals surface area contributed by atoms with E-state index in [1.807, 2.05) is 66.7 Å². The standard InChI is InChI=1S/C22H16O2S/c1-24-19-11-7-18(8-12-19)10-15-21(23)22-16-14-20(25-22)13-9-17-5-3-2-4-6-17/h2-8,10-12,14-16H,1H3. The lowest BCUT2D eigenvalue weighted by atomic mass is 10.2. The fourth-order valence-electron chi connectivity index (χ4n) is 2.16. The van der Waals surface area contributed by atoms with Gasteiger partial charge in [-0.15, -0.1) is 11.3 Å². The second-order valence-electron chi connectivity index (χ2n) is 5.25. The van der Waals surface area contributed by atoms with E-state index in [1.165, 1.54) is 11.3 Å². The molecule has 3 aromatic rings. The molecule has 0 saturated carbocycles. The summed E-state index contributed by atoms with van der Waals surface area (Å²) in [6.45, 7) is 0. The number of hydrogen-bond donors (Lipinski definition) is 0. The number of carbonyl (C=O) groups is 1. The van der Waals surface area contributed by atoms with Crippen molar-refractivity contribution in [2.24, 2.45) is 0 Å². The molecule has 0 aliphatic carbocycles. The third-order valence-electron chi connectivity index (χ3n) is 3.50. The average Bonchev–Trinajstić information content (AvgIpc) is 3.15. The van der Waals surface area contributed by atoms with Crippen molar-refractivity contribution in [2.75, 3.05) is 7.11 Å². The van der Waals surface area contributed by atoms with Gasteiger partial charge in [-0.3, -0.25) is 4.79 Å². The zero-order chi connectivity index (χ0) is 17.5. The lowest BCUT2D eigenvalue weighted by molar-refractivity contribution is 0.105. The van der Waals surface area contributed by atoms with Crippen molar-refractivity contribution in [2.45, 2.75) is 0 Å². The van der Waals surface area contributed by atoms with Crippen molar-refractivity contribution in [1.82, 2.24) is 0 Å². The van der Waals surface area contributed by atoms with Crippen molar-refractivity contribution in [3.05, 3.63) is 93.7 Å². The van der Waals surface area contributed by atoms with Gasteiger partial charge < -0.3 is 4.74 Å². The molecule has 0 aliphatic rings. The van der Waals surface area contributed by atoms with Crippen LogP contribution in [0.2, 0.25) is 0 Å². The highest BCUT2D eigenvalue weighted by Gasteiger charge is 2.05. The Morgan fingerprint density at radius 2 is 1.72 bits per heavy atom. The maximum absolute atomic E-state index is 12.3. The molecule has 3 rings (SSSR count). The van der Waals surface area contributed by atoms with E-state index in [-0.39, 0.29) is 5.78 Å². The first kappa shape index (κ1) is 16.8. The second-order valence-corrected chi connectivity index (χ2v) is 6.33. The van der Waals surface area contributed by atoms with E-state index in [0.717, 1.165) is 21.8 Å². The highest BCUT2D eigenvalue weighted by molar-refractivity contribution is 7.14. The summed E-state index contributed by atoms with van der Waals surface area (Å²) in [5.74, 6) is 6.98. The second kappa shape index (κ2) is 8.14. The Morgan fingerprint density at radius 1 is 0.960 bits per heavy atom. The number of methoxy groups -OCH3 is 1. The van der Waals surface area contributed by atoms with Crippen LogP contribution in [0.25, 0.3) is 6.08 Å². The number of benzene rings is 2. The fraction of sp³-hybridized carbons (Fsp3) is 0.0455. The summed E-state index contributed by atoms with van der Waals surface area (Å²) in [6, 6.07) is 21.1. The zero-order valence-corrected chi connectivity index (χ0v) is 14.5. The van der Waals surface area contributed by atoms with E-state index in [0.29, 0.717) is 4.88 Å². The Balaban J connectivity index is 1.68. The topological polar surface area (TPSA) is 26.3 Å². The third-order valence-corrected chi connectivity index (χ3v) is 4.51. The van der Waals surface area contributed by atoms with Gasteiger partial charge in [0.05, 0.1) is 16.9 Å². The molecule has 1 heterocycles. The average molecular weight is 344 g/mol. The molecule has 0 bridgehead atoms. The van der Waals surface area contributed by atoms with Crippen LogP contribution >= 0.6 is 11.3 Å². The van der Waals surface area contributed by atoms with E-state index in [1.54, 1.807) is 19.3 Å². The van der Waals surface area contributed by atoms with Gasteiger partial charge in [0.2, 0.25) is 0 Å². The van der Waals surface area contributed by atoms with Crippen LogP contribution in [-0.4, -0.2) is 12.9 Å². The van der Waals surface area contributed by atoms with Gasteiger partial charge in [0, 0.05) is 5.56 Å². The van der Waals surface area contributed by atoms with Crippen LogP contribution in [0.3, 0.4) is 0 Å². The highest BCUT2D eigenvalue weighted by Crippen LogP contribution is 2.18. The summed E-state index contributed by atoms with van der Waals surface area (Å²) in [6.07, 6.45) is 3.39. The lowest BCUT2D eigenvalue weighted by Crippen LogP contribution is -1.88. The maximum Gasteiger partial charge on any atom is 0.195 e. The molecule has 2 aromatic carbocycles. The monoisotopic (exact) mass is 344 g/mol. The number of rotatable bonds is 4. The minimum absolute atomic E-state index is 0.0198. The minimum Gasteiger partial charge on any atom is -0.497 e. The molecule has 0 amide bonds. The number of ketones is 1. The van der Waals surface area contributed by atoms with Gasteiger partial charge in [0.25, 0.3) is 0 Å². The molecule has 0 aliphatic heterocycles. The van der Waals surface area contributed by atoms with Gasteiger partial charge >= 0.3 is 0 Å². The Labute approximate surface area is 151 Å². The van der Waals surface area contributed by atoms with Gasteiger partial charge in [0.15, 0.2) is 5.78 Å². The molecular weight excluding hydrogens is 328 g/mol. The van der Waals surface area contributed by atoms with Gasteiger partial charge in [-0.05, 0) is 48.0 Å². The Morgan fingerprint density at radius 3 is 2.44 bits per heavy atom. The lowest BCUT2D eigenvalue weighted by Gasteiger charge is -1.98. The van der Waals surface area contributed by atoms with Crippen molar-refractivity contribution < 1.29 is 9.53 Å². The van der Waals surface area contributed by atoms with Crippen LogP contribution in [0.4, 0.5) is 0 Å². The molecule has 3 heteroatoms. The summed E-state index contributed by atoms with van der Waals surface area (Å²) >= 11 is 1.41. The number of carbonyl (C=O) groups excluding carboxylic acids is 1. The Hall–Kier alpha value is -3.09. The maximum atomic E-state index is 12.3. The third kappa shape index (κ3) is 4.69. The summed E-state index contributed by atoms with van der Waals surface area (Å²) in [4.78, 5) is 13.8. The van der Waals surface area contributed by atoms with Gasteiger partial charge in [-0.2, -0.15) is 0 Å². The summed E-state index contributed by atoms with van der Waals surface area (Å²) in [5, 5.41) is 0. The first-order valence-electron chi connectivity index (χ1n) is 7.78. The van der Waals surface area contributed by atoms with Crippen LogP contribution in [-0.2, 0) is 0 Å². The van der Waals surface area contributed by atoms with E-state index < -0.39 is 0 Å². The largest absolute Gasteiger partial charge is 0.497 e. The Kier molecular flexibility index (Phi) is 5.46. The molecule has 0 fully saturated rings. The molecule has 0 spiro atoms. The molecule has 0 unspecified atom stereocenters. The fourth-order valence-corrected chi connectivity index (χ4v) is 2.94. The molecule has 0 radical (unpaired) electrons. The SMILES string of the molecule is COc1ccc(C=CC(=O)c2ccc(C#Cc3ccccc3)s2)cc1. The molecule has 0 N–H and O–H groups in total. The molecule has 2 nitrogen and oxygen atoms in total. The summed E-state index contributed by atoms with van der Waals surface area (Å²) in [7, 11) is 1.63. The number of allylic oxidation sites excluding steroid dienone is 1. The first-order valence-corrected chi connectivity index (χ1v) is 8.59. The van der Waals surface area contributed by atoms with E-state index in [9.17, 15) is 4.79 Å². The summed E-state index contributed by atoms with van der Waals surface area (Å²) in [5.41, 5.74) is 1.91. The van der Waals surface area contributed by atoms with Crippen molar-refractivity contribution in [3.8, 4) is 17.6 Å². The molecule has 122 valence electrons. The van der Waals surface area contributed by atoms with E-state index in [2.05, 4.69) is 11.8 Å². The van der Waals surface area contributed by atoms with Crippen molar-refractivity contribution in [3.63, 3.8) is 0 Å². The van der Waals surface area contributed by atoms with Gasteiger partial charge in [0.1, 0.15) is 5.75 Å². The van der Waals surface area contributed by atoms with Crippen LogP contribution in [0.5, 0.6) is 5.75 Å². The Bertz CT molecular complexity index is 939. The number of hydrogen-bond acceptors (Lipinski definition) is 3. The van der Waals surface area contributed by atoms with Crippen LogP contribution in [0.15, 0.2) is 72.8 Å². The van der Waals surface area contributed by atoms with Crippen LogP contribution in [0, 0.1) is 11.8 Å². The zero-order valence-electron chi connectivity index (χ0n) is 13.7. The van der Waals surface area contributed by atoms with Crippen molar-refractivity contribution >= 4 is 23.2 Å². The quantitative estimate of drug-likeness (QED) is 0.376. The predicted octanol–water partition coefficient (Wildman–Crippen LogP) is 5.05. The number of thiophene rings is 1. The van der Waals surface area contributed by atoms with Crippen LogP contribution in [0.1, 0.15) is 25.7 Å². The van der Waals surface area contributed by atoms with Gasteiger partial charge in [-0.25, -0.2) is 0 Å². The normalized spacial score (nSPS) is 10.3. The van der Waals surface area contributed by atoms with Crippen molar-refractivity contribution in [1.29, 1.82) is 0 Å². The smallest absolute Gasteiger partial charge is 0.195 e. The molecule has 0 atom stereocenters. The highest BCUT2D eigenvalue weighted by atomic mass is 32.1. The first-order chi connectivity index (χ1) is 12.2. The van der Waals surface area contributed by atoms with Gasteiger partial charge in [-0.1, -0.05) is 48.2 Å². The molecule has 1 aromatic heterocycles. The van der Waals surface area contributed by atoms with E-state index in [4.69, 9.17) is 4.74 Å². The van der Waals surface area contributed by atoms with Crippen LogP contribution < -0.4 is 4.74 Å². The predicted molar refractivity (Wildman–Crippen MR) is 103 cm³/mol.